The molecule has 0 saturated carbocycles. The Morgan fingerprint density at radius 1 is 1.10 bits per heavy atom. The number of aromatic nitrogens is 2. The highest BCUT2D eigenvalue weighted by molar-refractivity contribution is 5.75. The summed E-state index contributed by atoms with van der Waals surface area (Å²) in [6, 6.07) is 8.39. The van der Waals surface area contributed by atoms with Gasteiger partial charge in [-0.05, 0) is 18.6 Å². The number of fused-ring (bicyclic) bond motifs is 1. The highest BCUT2D eigenvalue weighted by atomic mass is 15.1. The third-order valence-electron chi connectivity index (χ3n) is 3.80. The molecule has 2 rings (SSSR count). The fourth-order valence-electron chi connectivity index (χ4n) is 2.71. The zero-order valence-corrected chi connectivity index (χ0v) is 12.6. The maximum atomic E-state index is 4.78. The van der Waals surface area contributed by atoms with E-state index in [1.54, 1.807) is 0 Å². The number of hydrogen-bond donors (Lipinski definition) is 0. The molecule has 1 heterocycles. The van der Waals surface area contributed by atoms with Gasteiger partial charge in [-0.2, -0.15) is 0 Å². The van der Waals surface area contributed by atoms with Gasteiger partial charge in [0.05, 0.1) is 11.0 Å². The molecule has 0 saturated heterocycles. The quantitative estimate of drug-likeness (QED) is 0.456. The van der Waals surface area contributed by atoms with Gasteiger partial charge >= 0.3 is 0 Å². The molecule has 20 heavy (non-hydrogen) atoms. The second-order valence-corrected chi connectivity index (χ2v) is 5.43. The van der Waals surface area contributed by atoms with Gasteiger partial charge < -0.3 is 4.57 Å². The van der Waals surface area contributed by atoms with Crippen molar-refractivity contribution in [3.63, 3.8) is 0 Å². The molecule has 0 N–H and O–H groups in total. The average Bonchev–Trinajstić information content (AvgIpc) is 2.81. The van der Waals surface area contributed by atoms with Gasteiger partial charge in [0.15, 0.2) is 0 Å². The predicted octanol–water partition coefficient (Wildman–Crippen LogP) is 5.13. The highest BCUT2D eigenvalue weighted by Crippen LogP contribution is 2.18. The van der Waals surface area contributed by atoms with Crippen LogP contribution in [-0.4, -0.2) is 9.55 Å². The maximum Gasteiger partial charge on any atom is 0.110 e. The van der Waals surface area contributed by atoms with E-state index < -0.39 is 0 Å². The van der Waals surface area contributed by atoms with Gasteiger partial charge in [-0.15, -0.1) is 6.58 Å². The van der Waals surface area contributed by atoms with Crippen molar-refractivity contribution in [2.45, 2.75) is 58.4 Å². The summed E-state index contributed by atoms with van der Waals surface area (Å²) < 4.78 is 2.30. The Morgan fingerprint density at radius 2 is 1.85 bits per heavy atom. The molecule has 2 heteroatoms. The largest absolute Gasteiger partial charge is 0.324 e. The lowest BCUT2D eigenvalue weighted by Gasteiger charge is -2.06. The zero-order valence-electron chi connectivity index (χ0n) is 12.6. The third kappa shape index (κ3) is 3.72. The van der Waals surface area contributed by atoms with E-state index in [9.17, 15) is 0 Å². The zero-order chi connectivity index (χ0) is 14.2. The number of nitrogens with zero attached hydrogens (tertiary/aromatic N) is 2. The van der Waals surface area contributed by atoms with Crippen LogP contribution in [0.1, 0.15) is 51.3 Å². The van der Waals surface area contributed by atoms with Crippen molar-refractivity contribution in [3.05, 3.63) is 42.7 Å². The van der Waals surface area contributed by atoms with Crippen LogP contribution in [0.3, 0.4) is 0 Å². The topological polar surface area (TPSA) is 17.8 Å². The Labute approximate surface area is 122 Å². The molecule has 1 aromatic heterocycles. The summed E-state index contributed by atoms with van der Waals surface area (Å²) in [6.45, 7) is 6.98. The molecule has 0 bridgehead atoms. The molecule has 0 fully saturated rings. The van der Waals surface area contributed by atoms with Gasteiger partial charge in [0.2, 0.25) is 0 Å². The second kappa shape index (κ2) is 7.88. The predicted molar refractivity (Wildman–Crippen MR) is 87.0 cm³/mol. The lowest BCUT2D eigenvalue weighted by atomic mass is 10.1. The third-order valence-corrected chi connectivity index (χ3v) is 3.80. The Hall–Kier alpha value is -1.57. The van der Waals surface area contributed by atoms with Gasteiger partial charge in [0, 0.05) is 13.0 Å². The fraction of sp³-hybridized carbons (Fsp3) is 0.500. The van der Waals surface area contributed by atoms with E-state index in [4.69, 9.17) is 4.98 Å². The monoisotopic (exact) mass is 270 g/mol. The fourth-order valence-corrected chi connectivity index (χ4v) is 2.71. The minimum absolute atomic E-state index is 0.853. The van der Waals surface area contributed by atoms with Crippen LogP contribution in [0.2, 0.25) is 0 Å². The second-order valence-electron chi connectivity index (χ2n) is 5.43. The van der Waals surface area contributed by atoms with E-state index in [0.717, 1.165) is 18.5 Å². The molecule has 0 aliphatic heterocycles. The number of unbranched alkanes of at least 4 members (excludes halogenated alkanes) is 5. The van der Waals surface area contributed by atoms with Gasteiger partial charge in [-0.1, -0.05) is 57.2 Å². The average molecular weight is 270 g/mol. The van der Waals surface area contributed by atoms with Crippen molar-refractivity contribution >= 4 is 11.0 Å². The molecule has 1 aromatic carbocycles. The van der Waals surface area contributed by atoms with Crippen molar-refractivity contribution in [2.75, 3.05) is 0 Å². The Kier molecular flexibility index (Phi) is 5.85. The van der Waals surface area contributed by atoms with Gasteiger partial charge in [-0.25, -0.2) is 4.98 Å². The van der Waals surface area contributed by atoms with Crippen molar-refractivity contribution in [1.29, 1.82) is 0 Å². The van der Waals surface area contributed by atoms with Crippen LogP contribution in [0.5, 0.6) is 0 Å². The molecule has 2 nitrogen and oxygen atoms in total. The molecule has 0 spiro atoms. The smallest absolute Gasteiger partial charge is 0.110 e. The van der Waals surface area contributed by atoms with E-state index in [0.29, 0.717) is 0 Å². The molecule has 0 aliphatic carbocycles. The first-order valence-electron chi connectivity index (χ1n) is 7.92. The van der Waals surface area contributed by atoms with E-state index >= 15 is 0 Å². The Morgan fingerprint density at radius 3 is 2.65 bits per heavy atom. The normalized spacial score (nSPS) is 11.1. The summed E-state index contributed by atoms with van der Waals surface area (Å²) in [5, 5.41) is 0. The van der Waals surface area contributed by atoms with Crippen LogP contribution in [0.15, 0.2) is 36.9 Å². The van der Waals surface area contributed by atoms with Crippen LogP contribution in [0.25, 0.3) is 11.0 Å². The van der Waals surface area contributed by atoms with Gasteiger partial charge in [0.1, 0.15) is 5.82 Å². The maximum absolute atomic E-state index is 4.78. The first kappa shape index (κ1) is 14.8. The lowest BCUT2D eigenvalue weighted by Crippen LogP contribution is -2.02. The van der Waals surface area contributed by atoms with Crippen LogP contribution < -0.4 is 0 Å². The first-order valence-corrected chi connectivity index (χ1v) is 7.92. The standard InChI is InChI=1S/C18H26N2/c1-3-5-6-7-8-9-14-18-19-16-12-10-11-13-17(16)20(18)15-4-2/h4,10-13H,2-3,5-9,14-15H2,1H3. The minimum atomic E-state index is 0.853. The molecule has 108 valence electrons. The number of imidazole rings is 1. The number of para-hydroxylation sites is 2. The molecule has 0 amide bonds. The summed E-state index contributed by atoms with van der Waals surface area (Å²) in [6.07, 6.45) is 11.0. The summed E-state index contributed by atoms with van der Waals surface area (Å²) >= 11 is 0. The summed E-state index contributed by atoms with van der Waals surface area (Å²) in [5.41, 5.74) is 2.34. The van der Waals surface area contributed by atoms with E-state index in [-0.39, 0.29) is 0 Å². The van der Waals surface area contributed by atoms with Crippen molar-refractivity contribution in [3.8, 4) is 0 Å². The summed E-state index contributed by atoms with van der Waals surface area (Å²) in [7, 11) is 0. The molecule has 0 unspecified atom stereocenters. The van der Waals surface area contributed by atoms with E-state index in [2.05, 4.69) is 42.3 Å². The van der Waals surface area contributed by atoms with Crippen LogP contribution >= 0.6 is 0 Å². The lowest BCUT2D eigenvalue weighted by molar-refractivity contribution is 0.593. The molecule has 2 aromatic rings. The van der Waals surface area contributed by atoms with Crippen LogP contribution in [-0.2, 0) is 13.0 Å². The Bertz CT molecular complexity index is 539. The van der Waals surface area contributed by atoms with Crippen molar-refractivity contribution in [1.82, 2.24) is 9.55 Å². The number of allylic oxidation sites excluding steroid dienone is 1. The van der Waals surface area contributed by atoms with Crippen LogP contribution in [0.4, 0.5) is 0 Å². The molecular weight excluding hydrogens is 244 g/mol. The van der Waals surface area contributed by atoms with Gasteiger partial charge in [0.25, 0.3) is 0 Å². The molecule has 0 radical (unpaired) electrons. The molecule has 0 atom stereocenters. The van der Waals surface area contributed by atoms with Crippen molar-refractivity contribution in [2.24, 2.45) is 0 Å². The van der Waals surface area contributed by atoms with Crippen molar-refractivity contribution < 1.29 is 0 Å². The SMILES string of the molecule is C=CCn1c(CCCCCCCC)nc2ccccc21. The summed E-state index contributed by atoms with van der Waals surface area (Å²) in [5.74, 6) is 1.21. The van der Waals surface area contributed by atoms with E-state index in [1.165, 1.54) is 49.9 Å². The Balaban J connectivity index is 1.98. The first-order chi connectivity index (χ1) is 9.86. The van der Waals surface area contributed by atoms with Crippen LogP contribution in [0, 0.1) is 0 Å². The highest BCUT2D eigenvalue weighted by Gasteiger charge is 2.08. The number of rotatable bonds is 9. The molecular formula is C18H26N2. The number of hydrogen-bond acceptors (Lipinski definition) is 1. The summed E-state index contributed by atoms with van der Waals surface area (Å²) in [4.78, 5) is 4.78. The van der Waals surface area contributed by atoms with Gasteiger partial charge in [-0.3, -0.25) is 0 Å². The van der Waals surface area contributed by atoms with E-state index in [1.807, 2.05) is 6.08 Å². The number of aryl methyl sites for hydroxylation is 1. The number of benzene rings is 1. The molecule has 0 aliphatic rings. The minimum Gasteiger partial charge on any atom is -0.324 e.